The largest absolute Gasteiger partial charge is 0.386 e. The Morgan fingerprint density at radius 1 is 1.21 bits per heavy atom. The van der Waals surface area contributed by atoms with Crippen molar-refractivity contribution >= 4 is 28.6 Å². The number of amidine groups is 1. The van der Waals surface area contributed by atoms with Gasteiger partial charge >= 0.3 is 0 Å². The van der Waals surface area contributed by atoms with Crippen molar-refractivity contribution in [2.24, 2.45) is 16.6 Å². The summed E-state index contributed by atoms with van der Waals surface area (Å²) in [6, 6.07) is 10.2. The van der Waals surface area contributed by atoms with E-state index in [0.717, 1.165) is 6.42 Å². The summed E-state index contributed by atoms with van der Waals surface area (Å²) < 4.78 is 16.1. The molecule has 38 heavy (non-hydrogen) atoms. The molecule has 10 heteroatoms. The zero-order valence-corrected chi connectivity index (χ0v) is 21.6. The number of fused-ring (bicyclic) bond motifs is 2. The van der Waals surface area contributed by atoms with Crippen LogP contribution >= 0.6 is 0 Å². The van der Waals surface area contributed by atoms with Crippen molar-refractivity contribution in [2.75, 3.05) is 0 Å². The minimum Gasteiger partial charge on any atom is -0.386 e. The van der Waals surface area contributed by atoms with Crippen LogP contribution in [0.5, 0.6) is 0 Å². The molecule has 9 nitrogen and oxygen atoms in total. The Kier molecular flexibility index (Phi) is 5.70. The van der Waals surface area contributed by atoms with E-state index in [-0.39, 0.29) is 35.8 Å². The summed E-state index contributed by atoms with van der Waals surface area (Å²) in [5, 5.41) is 8.53. The van der Waals surface area contributed by atoms with Crippen molar-refractivity contribution in [1.82, 2.24) is 30.0 Å². The highest BCUT2D eigenvalue weighted by molar-refractivity contribution is 6.04. The Hall–Kier alpha value is -4.21. The van der Waals surface area contributed by atoms with Crippen LogP contribution < -0.4 is 11.1 Å². The molecular formula is C28H29FN8O. The normalized spacial score (nSPS) is 16.8. The highest BCUT2D eigenvalue weighted by atomic mass is 19.1. The highest BCUT2D eigenvalue weighted by Gasteiger charge is 2.40. The maximum absolute atomic E-state index is 14.4. The number of hydrogen-bond donors (Lipinski definition) is 2. The number of benzene rings is 1. The van der Waals surface area contributed by atoms with E-state index in [1.54, 1.807) is 35.1 Å². The number of pyridine rings is 1. The molecule has 3 aromatic heterocycles. The van der Waals surface area contributed by atoms with Crippen LogP contribution in [0.25, 0.3) is 22.6 Å². The third kappa shape index (κ3) is 4.19. The number of halogens is 1. The molecule has 1 saturated carbocycles. The first-order chi connectivity index (χ1) is 18.2. The molecule has 1 unspecified atom stereocenters. The number of hydrogen-bond acceptors (Lipinski definition) is 7. The SMILES string of the molecule is CC(CC1CC1)NC(=O)c1nc(-c2nn(Cc3ccccc3F)c3ncccc23)nc2c1C(C)(C)C(N)=N2. The van der Waals surface area contributed by atoms with Crippen LogP contribution in [0.4, 0.5) is 10.2 Å². The molecule has 6 rings (SSSR count). The number of aliphatic imine (C=N–C) groups is 1. The second-order valence-electron chi connectivity index (χ2n) is 10.7. The molecule has 0 bridgehead atoms. The number of nitrogens with one attached hydrogen (secondary N) is 1. The van der Waals surface area contributed by atoms with Gasteiger partial charge in [-0.2, -0.15) is 5.10 Å². The first kappa shape index (κ1) is 24.1. The summed E-state index contributed by atoms with van der Waals surface area (Å²) in [5.41, 5.74) is 7.89. The fourth-order valence-electron chi connectivity index (χ4n) is 5.03. The zero-order chi connectivity index (χ0) is 26.6. The van der Waals surface area contributed by atoms with Crippen LogP contribution in [-0.2, 0) is 12.0 Å². The Bertz CT molecular complexity index is 1600. The highest BCUT2D eigenvalue weighted by Crippen LogP contribution is 2.41. The molecule has 2 aliphatic rings. The van der Waals surface area contributed by atoms with Crippen LogP contribution in [-0.4, -0.2) is 42.5 Å². The first-order valence-corrected chi connectivity index (χ1v) is 12.9. The standard InChI is InChI=1S/C28H29FN8O/c1-15(13-16-10-11-16)32-26(38)22-20-23(35-27(30)28(20,2)3)34-24(33-22)21-18-8-6-12-31-25(18)37(36-21)14-17-7-4-5-9-19(17)29/h4-9,12,15-16H,10-11,13-14H2,1-3H3,(H,32,38)(H2,30,33,34,35). The summed E-state index contributed by atoms with van der Waals surface area (Å²) in [5.74, 6) is 1.03. The van der Waals surface area contributed by atoms with Crippen molar-refractivity contribution in [2.45, 2.75) is 58.0 Å². The Balaban J connectivity index is 1.46. The lowest BCUT2D eigenvalue weighted by Crippen LogP contribution is -2.38. The van der Waals surface area contributed by atoms with Gasteiger partial charge in [-0.3, -0.25) is 4.79 Å². The lowest BCUT2D eigenvalue weighted by Gasteiger charge is -2.22. The van der Waals surface area contributed by atoms with Crippen molar-refractivity contribution < 1.29 is 9.18 Å². The van der Waals surface area contributed by atoms with Gasteiger partial charge in [0.2, 0.25) is 0 Å². The Morgan fingerprint density at radius 3 is 2.76 bits per heavy atom. The second kappa shape index (κ2) is 8.97. The molecule has 1 aromatic carbocycles. The minimum atomic E-state index is -0.700. The van der Waals surface area contributed by atoms with Gasteiger partial charge in [0.05, 0.1) is 17.3 Å². The van der Waals surface area contributed by atoms with Crippen molar-refractivity contribution in [3.63, 3.8) is 0 Å². The number of aromatic nitrogens is 5. The van der Waals surface area contributed by atoms with Gasteiger partial charge in [0.1, 0.15) is 23.0 Å². The Labute approximate surface area is 219 Å². The van der Waals surface area contributed by atoms with Crippen LogP contribution in [0.15, 0.2) is 47.6 Å². The van der Waals surface area contributed by atoms with Crippen LogP contribution in [0.3, 0.4) is 0 Å². The molecule has 4 heterocycles. The predicted molar refractivity (Wildman–Crippen MR) is 143 cm³/mol. The van der Waals surface area contributed by atoms with Gasteiger partial charge in [0, 0.05) is 23.4 Å². The van der Waals surface area contributed by atoms with Crippen LogP contribution in [0.2, 0.25) is 0 Å². The third-order valence-electron chi connectivity index (χ3n) is 7.35. The molecule has 194 valence electrons. The smallest absolute Gasteiger partial charge is 0.270 e. The summed E-state index contributed by atoms with van der Waals surface area (Å²) >= 11 is 0. The fourth-order valence-corrected chi connectivity index (χ4v) is 5.03. The molecule has 1 aliphatic carbocycles. The van der Waals surface area contributed by atoms with E-state index in [4.69, 9.17) is 20.8 Å². The van der Waals surface area contributed by atoms with E-state index in [2.05, 4.69) is 15.3 Å². The van der Waals surface area contributed by atoms with Gasteiger partial charge in [-0.05, 0) is 51.3 Å². The first-order valence-electron chi connectivity index (χ1n) is 12.9. The topological polar surface area (TPSA) is 124 Å². The number of nitrogens with zero attached hydrogens (tertiary/aromatic N) is 6. The quantitative estimate of drug-likeness (QED) is 0.381. The molecule has 1 amide bonds. The second-order valence-corrected chi connectivity index (χ2v) is 10.7. The molecule has 1 aliphatic heterocycles. The van der Waals surface area contributed by atoms with Crippen molar-refractivity contribution in [3.05, 3.63) is 65.2 Å². The van der Waals surface area contributed by atoms with Gasteiger partial charge in [-0.1, -0.05) is 31.0 Å². The molecule has 1 fully saturated rings. The number of nitrogens with two attached hydrogens (primary N) is 1. The third-order valence-corrected chi connectivity index (χ3v) is 7.35. The van der Waals surface area contributed by atoms with Gasteiger partial charge in [-0.15, -0.1) is 0 Å². The summed E-state index contributed by atoms with van der Waals surface area (Å²) in [7, 11) is 0. The van der Waals surface area contributed by atoms with E-state index in [9.17, 15) is 9.18 Å². The number of carbonyl (C=O) groups excluding carboxylic acids is 1. The summed E-state index contributed by atoms with van der Waals surface area (Å²) in [6.45, 7) is 6.01. The lowest BCUT2D eigenvalue weighted by molar-refractivity contribution is 0.0930. The predicted octanol–water partition coefficient (Wildman–Crippen LogP) is 4.27. The zero-order valence-electron chi connectivity index (χ0n) is 21.6. The number of carbonyl (C=O) groups is 1. The van der Waals surface area contributed by atoms with Gasteiger partial charge in [0.15, 0.2) is 17.3 Å². The molecule has 4 aromatic rings. The van der Waals surface area contributed by atoms with Crippen LogP contribution in [0.1, 0.15) is 61.6 Å². The molecule has 3 N–H and O–H groups in total. The maximum atomic E-state index is 14.4. The summed E-state index contributed by atoms with van der Waals surface area (Å²) in [6.07, 6.45) is 5.01. The average molecular weight is 513 g/mol. The van der Waals surface area contributed by atoms with Gasteiger partial charge < -0.3 is 11.1 Å². The molecule has 0 spiro atoms. The van der Waals surface area contributed by atoms with E-state index in [1.807, 2.05) is 26.8 Å². The molecular weight excluding hydrogens is 483 g/mol. The van der Waals surface area contributed by atoms with Gasteiger partial charge in [0.25, 0.3) is 5.91 Å². The maximum Gasteiger partial charge on any atom is 0.270 e. The number of rotatable bonds is 7. The van der Waals surface area contributed by atoms with Crippen LogP contribution in [0, 0.1) is 11.7 Å². The average Bonchev–Trinajstić information content (AvgIpc) is 3.57. The van der Waals surface area contributed by atoms with Gasteiger partial charge in [-0.25, -0.2) is 29.0 Å². The number of amides is 1. The molecule has 0 saturated heterocycles. The van der Waals surface area contributed by atoms with E-state index in [1.165, 1.54) is 18.9 Å². The fraction of sp³-hybridized carbons (Fsp3) is 0.357. The van der Waals surface area contributed by atoms with E-state index >= 15 is 0 Å². The van der Waals surface area contributed by atoms with E-state index < -0.39 is 5.41 Å². The Morgan fingerprint density at radius 2 is 2.00 bits per heavy atom. The minimum absolute atomic E-state index is 0.0110. The van der Waals surface area contributed by atoms with Crippen molar-refractivity contribution in [3.8, 4) is 11.5 Å². The molecule has 1 atom stereocenters. The molecule has 0 radical (unpaired) electrons. The lowest BCUT2D eigenvalue weighted by atomic mass is 9.84. The monoisotopic (exact) mass is 512 g/mol. The van der Waals surface area contributed by atoms with Crippen molar-refractivity contribution in [1.29, 1.82) is 0 Å². The van der Waals surface area contributed by atoms with E-state index in [0.29, 0.717) is 45.4 Å². The summed E-state index contributed by atoms with van der Waals surface area (Å²) in [4.78, 5) is 32.0.